The summed E-state index contributed by atoms with van der Waals surface area (Å²) in [4.78, 5) is 29.5. The van der Waals surface area contributed by atoms with Crippen molar-refractivity contribution in [3.8, 4) is 17.2 Å². The molecule has 2 amide bonds. The van der Waals surface area contributed by atoms with Crippen molar-refractivity contribution < 1.29 is 19.1 Å². The standard InChI is InChI=1S/C25H27N5O4/c1-18-15-23(30(27-18)19-7-3-2-4-8-19)26-24(31)16-28-11-13-29(14-12-28)25(32)22-17-33-20-9-5-6-10-21(20)34-22/h2-10,15,22H,11-14,16-17H2,1H3,(H,26,31)/t22-/m1/s1. The molecule has 2 aliphatic heterocycles. The van der Waals surface area contributed by atoms with E-state index in [4.69, 9.17) is 9.47 Å². The summed E-state index contributed by atoms with van der Waals surface area (Å²) in [7, 11) is 0. The van der Waals surface area contributed by atoms with Crippen molar-refractivity contribution in [2.75, 3.05) is 44.6 Å². The number of anilines is 1. The molecule has 1 fully saturated rings. The molecule has 2 aliphatic rings. The molecular formula is C25H27N5O4. The largest absolute Gasteiger partial charge is 0.485 e. The SMILES string of the molecule is Cc1cc(NC(=O)CN2CCN(C(=O)[C@H]3COc4ccccc4O3)CC2)n(-c2ccccc2)n1. The fraction of sp³-hybridized carbons (Fsp3) is 0.320. The third-order valence-electron chi connectivity index (χ3n) is 5.93. The third kappa shape index (κ3) is 4.74. The van der Waals surface area contributed by atoms with Crippen molar-refractivity contribution in [1.82, 2.24) is 19.6 Å². The van der Waals surface area contributed by atoms with Crippen LogP contribution in [-0.2, 0) is 9.59 Å². The number of nitrogens with zero attached hydrogens (tertiary/aromatic N) is 4. The number of nitrogens with one attached hydrogen (secondary N) is 1. The first kappa shape index (κ1) is 22.0. The van der Waals surface area contributed by atoms with Gasteiger partial charge in [-0.1, -0.05) is 30.3 Å². The van der Waals surface area contributed by atoms with Crippen molar-refractivity contribution in [1.29, 1.82) is 0 Å². The lowest BCUT2D eigenvalue weighted by atomic mass is 10.2. The van der Waals surface area contributed by atoms with Crippen LogP contribution < -0.4 is 14.8 Å². The number of rotatable bonds is 5. The molecule has 1 saturated heterocycles. The summed E-state index contributed by atoms with van der Waals surface area (Å²) in [5.41, 5.74) is 1.71. The Balaban J connectivity index is 1.13. The normalized spacial score (nSPS) is 17.9. The number of hydrogen-bond donors (Lipinski definition) is 1. The number of carbonyl (C=O) groups is 2. The number of benzene rings is 2. The predicted molar refractivity (Wildman–Crippen MR) is 126 cm³/mol. The molecule has 9 heteroatoms. The van der Waals surface area contributed by atoms with Gasteiger partial charge in [0.05, 0.1) is 17.9 Å². The quantitative estimate of drug-likeness (QED) is 0.626. The van der Waals surface area contributed by atoms with Gasteiger partial charge in [-0.15, -0.1) is 0 Å². The summed E-state index contributed by atoms with van der Waals surface area (Å²) in [5.74, 6) is 1.69. The molecule has 0 aliphatic carbocycles. The zero-order valence-electron chi connectivity index (χ0n) is 19.0. The minimum Gasteiger partial charge on any atom is -0.485 e. The Labute approximate surface area is 197 Å². The smallest absolute Gasteiger partial charge is 0.267 e. The Morgan fingerprint density at radius 1 is 1.00 bits per heavy atom. The zero-order valence-corrected chi connectivity index (χ0v) is 19.0. The van der Waals surface area contributed by atoms with Crippen LogP contribution in [0.25, 0.3) is 5.69 Å². The molecule has 1 N–H and O–H groups in total. The molecule has 0 unspecified atom stereocenters. The van der Waals surface area contributed by atoms with Gasteiger partial charge in [0.1, 0.15) is 12.4 Å². The van der Waals surface area contributed by atoms with Crippen LogP contribution in [0.2, 0.25) is 0 Å². The number of fused-ring (bicyclic) bond motifs is 1. The molecule has 5 rings (SSSR count). The molecule has 0 radical (unpaired) electrons. The van der Waals surface area contributed by atoms with E-state index in [1.807, 2.05) is 66.4 Å². The number of ether oxygens (including phenoxy) is 2. The van der Waals surface area contributed by atoms with Gasteiger partial charge < -0.3 is 19.7 Å². The van der Waals surface area contributed by atoms with Crippen LogP contribution >= 0.6 is 0 Å². The molecule has 1 aromatic heterocycles. The number of amides is 2. The summed E-state index contributed by atoms with van der Waals surface area (Å²) in [6, 6.07) is 18.9. The molecule has 0 saturated carbocycles. The molecule has 34 heavy (non-hydrogen) atoms. The van der Waals surface area contributed by atoms with Gasteiger partial charge in [0.15, 0.2) is 11.5 Å². The van der Waals surface area contributed by atoms with E-state index in [0.29, 0.717) is 43.5 Å². The van der Waals surface area contributed by atoms with E-state index in [1.54, 1.807) is 15.6 Å². The lowest BCUT2D eigenvalue weighted by Crippen LogP contribution is -2.54. The fourth-order valence-corrected chi connectivity index (χ4v) is 4.21. The summed E-state index contributed by atoms with van der Waals surface area (Å²) in [6.07, 6.45) is -0.647. The molecular weight excluding hydrogens is 434 g/mol. The van der Waals surface area contributed by atoms with Crippen molar-refractivity contribution in [3.05, 3.63) is 66.4 Å². The topological polar surface area (TPSA) is 88.9 Å². The van der Waals surface area contributed by atoms with Gasteiger partial charge in [-0.25, -0.2) is 4.68 Å². The Bertz CT molecular complexity index is 1170. The Kier molecular flexibility index (Phi) is 6.18. The van der Waals surface area contributed by atoms with Crippen molar-refractivity contribution in [2.24, 2.45) is 0 Å². The number of aryl methyl sites for hydroxylation is 1. The summed E-state index contributed by atoms with van der Waals surface area (Å²) >= 11 is 0. The lowest BCUT2D eigenvalue weighted by Gasteiger charge is -2.36. The third-order valence-corrected chi connectivity index (χ3v) is 5.93. The molecule has 2 aromatic carbocycles. The van der Waals surface area contributed by atoms with Gasteiger partial charge >= 0.3 is 0 Å². The first-order valence-electron chi connectivity index (χ1n) is 11.4. The van der Waals surface area contributed by atoms with E-state index >= 15 is 0 Å². The fourth-order valence-electron chi connectivity index (χ4n) is 4.21. The van der Waals surface area contributed by atoms with Crippen molar-refractivity contribution in [2.45, 2.75) is 13.0 Å². The van der Waals surface area contributed by atoms with Gasteiger partial charge in [0.2, 0.25) is 12.0 Å². The Hall–Kier alpha value is -3.85. The minimum absolute atomic E-state index is 0.0826. The van der Waals surface area contributed by atoms with E-state index < -0.39 is 6.10 Å². The zero-order chi connectivity index (χ0) is 23.5. The van der Waals surface area contributed by atoms with Crippen LogP contribution in [0.1, 0.15) is 5.69 Å². The van der Waals surface area contributed by atoms with Crippen molar-refractivity contribution >= 4 is 17.6 Å². The lowest BCUT2D eigenvalue weighted by molar-refractivity contribution is -0.143. The summed E-state index contributed by atoms with van der Waals surface area (Å²) in [6.45, 7) is 4.64. The maximum Gasteiger partial charge on any atom is 0.267 e. The van der Waals surface area contributed by atoms with Crippen LogP contribution in [0, 0.1) is 6.92 Å². The van der Waals surface area contributed by atoms with E-state index in [1.165, 1.54) is 0 Å². The van der Waals surface area contributed by atoms with Gasteiger partial charge in [0, 0.05) is 32.2 Å². The van der Waals surface area contributed by atoms with E-state index in [9.17, 15) is 9.59 Å². The molecule has 9 nitrogen and oxygen atoms in total. The minimum atomic E-state index is -0.647. The molecule has 0 spiro atoms. The van der Waals surface area contributed by atoms with Crippen LogP contribution in [-0.4, -0.2) is 76.8 Å². The van der Waals surface area contributed by atoms with Gasteiger partial charge in [-0.2, -0.15) is 5.10 Å². The van der Waals surface area contributed by atoms with Crippen LogP contribution in [0.15, 0.2) is 60.7 Å². The molecule has 3 aromatic rings. The highest BCUT2D eigenvalue weighted by molar-refractivity contribution is 5.91. The van der Waals surface area contributed by atoms with Crippen molar-refractivity contribution in [3.63, 3.8) is 0 Å². The maximum absolute atomic E-state index is 12.9. The number of piperazine rings is 1. The molecule has 1 atom stereocenters. The molecule has 0 bridgehead atoms. The van der Waals surface area contributed by atoms with Crippen LogP contribution in [0.3, 0.4) is 0 Å². The average molecular weight is 462 g/mol. The van der Waals surface area contributed by atoms with Crippen LogP contribution in [0.4, 0.5) is 5.82 Å². The first-order valence-corrected chi connectivity index (χ1v) is 11.4. The second-order valence-electron chi connectivity index (χ2n) is 8.43. The Morgan fingerprint density at radius 3 is 2.47 bits per heavy atom. The highest BCUT2D eigenvalue weighted by atomic mass is 16.6. The summed E-state index contributed by atoms with van der Waals surface area (Å²) in [5, 5.41) is 7.47. The molecule has 3 heterocycles. The molecule has 176 valence electrons. The maximum atomic E-state index is 12.9. The average Bonchev–Trinajstić information content (AvgIpc) is 3.24. The van der Waals surface area contributed by atoms with Gasteiger partial charge in [-0.05, 0) is 31.2 Å². The van der Waals surface area contributed by atoms with Crippen LogP contribution in [0.5, 0.6) is 11.5 Å². The van der Waals surface area contributed by atoms with Gasteiger partial charge in [0.25, 0.3) is 5.91 Å². The second kappa shape index (κ2) is 9.56. The number of carbonyl (C=O) groups excluding carboxylic acids is 2. The van der Waals surface area contributed by atoms with E-state index in [0.717, 1.165) is 11.4 Å². The first-order chi connectivity index (χ1) is 16.6. The second-order valence-corrected chi connectivity index (χ2v) is 8.43. The van der Waals surface area contributed by atoms with E-state index in [-0.39, 0.29) is 25.0 Å². The van der Waals surface area contributed by atoms with E-state index in [2.05, 4.69) is 10.4 Å². The highest BCUT2D eigenvalue weighted by Crippen LogP contribution is 2.31. The highest BCUT2D eigenvalue weighted by Gasteiger charge is 2.33. The monoisotopic (exact) mass is 461 g/mol. The predicted octanol–water partition coefficient (Wildman–Crippen LogP) is 2.10. The number of hydrogen-bond acceptors (Lipinski definition) is 6. The Morgan fingerprint density at radius 2 is 1.71 bits per heavy atom. The number of para-hydroxylation sites is 3. The summed E-state index contributed by atoms with van der Waals surface area (Å²) < 4.78 is 13.3. The van der Waals surface area contributed by atoms with Gasteiger partial charge in [-0.3, -0.25) is 14.5 Å². The number of aromatic nitrogens is 2.